The van der Waals surface area contributed by atoms with Crippen molar-refractivity contribution >= 4 is 39.0 Å². The topological polar surface area (TPSA) is 0 Å². The molecule has 9 heavy (non-hydrogen) atoms. The first-order valence-corrected chi connectivity index (χ1v) is 2.99. The summed E-state index contributed by atoms with van der Waals surface area (Å²) in [5.74, 6) is -0.201. The molecule has 0 spiro atoms. The largest absolute Gasteiger partial charge is 0.316 e. The highest BCUT2D eigenvalue weighted by molar-refractivity contribution is 9.10. The van der Waals surface area contributed by atoms with Crippen LogP contribution in [-0.4, -0.2) is 23.1 Å². The molecule has 1 rings (SSSR count). The molecule has 0 amide bonds. The average Bonchev–Trinajstić information content (AvgIpc) is 1.77. The van der Waals surface area contributed by atoms with Crippen LogP contribution in [-0.2, 0) is 0 Å². The van der Waals surface area contributed by atoms with Crippen LogP contribution in [0.5, 0.6) is 0 Å². The summed E-state index contributed by atoms with van der Waals surface area (Å²) in [5, 5.41) is 0. The Morgan fingerprint density at radius 3 is 1.89 bits per heavy atom. The molecule has 1 aromatic rings. The van der Waals surface area contributed by atoms with E-state index in [-0.39, 0.29) is 28.9 Å². The van der Waals surface area contributed by atoms with Crippen molar-refractivity contribution in [3.05, 3.63) is 34.6 Å². The van der Waals surface area contributed by atoms with Gasteiger partial charge in [-0.3, -0.25) is 0 Å². The Kier molecular flexibility index (Phi) is 4.44. The molecule has 0 radical (unpaired) electrons. The van der Waals surface area contributed by atoms with Crippen molar-refractivity contribution in [2.24, 2.45) is 0 Å². The van der Waals surface area contributed by atoms with E-state index in [4.69, 9.17) is 0 Å². The fraction of sp³-hybridized carbons (Fsp3) is 0. The van der Waals surface area contributed by atoms with Crippen molar-refractivity contribution in [2.45, 2.75) is 0 Å². The van der Waals surface area contributed by atoms with Gasteiger partial charge in [-0.2, -0.15) is 0 Å². The van der Waals surface area contributed by atoms with Crippen LogP contribution in [0, 0.1) is 5.82 Å². The molecule has 0 saturated carbocycles. The van der Waals surface area contributed by atoms with Gasteiger partial charge in [0, 0.05) is 4.47 Å². The van der Waals surface area contributed by atoms with E-state index in [9.17, 15) is 4.39 Å². The monoisotopic (exact) mass is 200 g/mol. The molecule has 0 aromatic heterocycles. The van der Waals surface area contributed by atoms with Gasteiger partial charge in [-0.05, 0) is 24.3 Å². The Balaban J connectivity index is 0.000000640. The van der Waals surface area contributed by atoms with Gasteiger partial charge in [0.1, 0.15) is 5.82 Å². The Morgan fingerprint density at radius 1 is 1.11 bits per heavy atom. The maximum absolute atomic E-state index is 12.1. The third-order valence-corrected chi connectivity index (χ3v) is 1.33. The number of benzene rings is 1. The first-order valence-electron chi connectivity index (χ1n) is 2.20. The molecular weight excluding hydrogens is 195 g/mol. The van der Waals surface area contributed by atoms with E-state index < -0.39 is 0 Å². The van der Waals surface area contributed by atoms with Crippen LogP contribution in [0.15, 0.2) is 28.7 Å². The molecular formula is C6H6BrFMg. The molecule has 0 aliphatic carbocycles. The Labute approximate surface area is 77.7 Å². The highest BCUT2D eigenvalue weighted by atomic mass is 79.9. The SMILES string of the molecule is Fc1ccc(Br)cc1.[MgH2]. The van der Waals surface area contributed by atoms with Crippen molar-refractivity contribution in [1.29, 1.82) is 0 Å². The summed E-state index contributed by atoms with van der Waals surface area (Å²) in [5.41, 5.74) is 0. The molecule has 0 N–H and O–H groups in total. The molecule has 0 nitrogen and oxygen atoms in total. The second-order valence-electron chi connectivity index (χ2n) is 1.44. The lowest BCUT2D eigenvalue weighted by atomic mass is 10.4. The van der Waals surface area contributed by atoms with E-state index in [1.54, 1.807) is 12.1 Å². The fourth-order valence-corrected chi connectivity index (χ4v) is 0.694. The van der Waals surface area contributed by atoms with E-state index in [1.165, 1.54) is 12.1 Å². The lowest BCUT2D eigenvalue weighted by molar-refractivity contribution is 0.627. The minimum Gasteiger partial charge on any atom is -0.207 e. The van der Waals surface area contributed by atoms with Gasteiger partial charge in [0.15, 0.2) is 0 Å². The van der Waals surface area contributed by atoms with E-state index in [0.717, 1.165) is 4.47 Å². The van der Waals surface area contributed by atoms with Crippen molar-refractivity contribution in [3.63, 3.8) is 0 Å². The maximum atomic E-state index is 12.1. The van der Waals surface area contributed by atoms with Gasteiger partial charge in [-0.25, -0.2) is 4.39 Å². The number of halogens is 2. The standard InChI is InChI=1S/C6H4BrF.Mg.2H/c7-5-1-3-6(8)4-2-5;;;/h1-4H;;;. The normalized spacial score (nSPS) is 8.22. The zero-order valence-electron chi connectivity index (χ0n) is 4.07. The number of hydrogen-bond acceptors (Lipinski definition) is 0. The highest BCUT2D eigenvalue weighted by Crippen LogP contribution is 2.08. The molecule has 0 bridgehead atoms. The summed E-state index contributed by atoms with van der Waals surface area (Å²) in [7, 11) is 0. The van der Waals surface area contributed by atoms with Gasteiger partial charge in [-0.1, -0.05) is 15.9 Å². The van der Waals surface area contributed by atoms with E-state index >= 15 is 0 Å². The van der Waals surface area contributed by atoms with Crippen LogP contribution in [0.3, 0.4) is 0 Å². The summed E-state index contributed by atoms with van der Waals surface area (Å²) >= 11 is 3.18. The summed E-state index contributed by atoms with van der Waals surface area (Å²) in [6.07, 6.45) is 0. The zero-order valence-corrected chi connectivity index (χ0v) is 5.65. The van der Waals surface area contributed by atoms with Gasteiger partial charge in [0.25, 0.3) is 0 Å². The van der Waals surface area contributed by atoms with E-state index in [0.29, 0.717) is 0 Å². The first kappa shape index (κ1) is 9.40. The van der Waals surface area contributed by atoms with Crippen LogP contribution < -0.4 is 0 Å². The number of rotatable bonds is 0. The van der Waals surface area contributed by atoms with E-state index in [2.05, 4.69) is 15.9 Å². The molecule has 1 aromatic carbocycles. The quantitative estimate of drug-likeness (QED) is 0.560. The van der Waals surface area contributed by atoms with Gasteiger partial charge >= 0.3 is 23.1 Å². The lowest BCUT2D eigenvalue weighted by Crippen LogP contribution is -1.67. The van der Waals surface area contributed by atoms with Gasteiger partial charge in [-0.15, -0.1) is 0 Å². The Hall–Kier alpha value is 0.396. The molecule has 0 aliphatic heterocycles. The third kappa shape index (κ3) is 3.18. The van der Waals surface area contributed by atoms with Crippen molar-refractivity contribution in [3.8, 4) is 0 Å². The Bertz CT molecular complexity index is 152. The van der Waals surface area contributed by atoms with Gasteiger partial charge in [0.05, 0.1) is 0 Å². The molecule has 46 valence electrons. The zero-order chi connectivity index (χ0) is 5.98. The molecule has 0 unspecified atom stereocenters. The van der Waals surface area contributed by atoms with Crippen LogP contribution in [0.25, 0.3) is 0 Å². The minimum absolute atomic E-state index is 0. The second-order valence-corrected chi connectivity index (χ2v) is 2.35. The molecule has 0 heterocycles. The van der Waals surface area contributed by atoms with Crippen molar-refractivity contribution < 1.29 is 4.39 Å². The predicted octanol–water partition coefficient (Wildman–Crippen LogP) is 1.67. The Morgan fingerprint density at radius 2 is 1.56 bits per heavy atom. The van der Waals surface area contributed by atoms with E-state index in [1.807, 2.05) is 0 Å². The number of hydrogen-bond donors (Lipinski definition) is 0. The van der Waals surface area contributed by atoms with Crippen molar-refractivity contribution in [1.82, 2.24) is 0 Å². The predicted molar refractivity (Wildman–Crippen MR) is 42.6 cm³/mol. The van der Waals surface area contributed by atoms with Crippen LogP contribution in [0.4, 0.5) is 4.39 Å². The highest BCUT2D eigenvalue weighted by Gasteiger charge is 1.84. The summed E-state index contributed by atoms with van der Waals surface area (Å²) in [6, 6.07) is 6.14. The lowest BCUT2D eigenvalue weighted by Gasteiger charge is -1.85. The molecule has 3 heteroatoms. The van der Waals surface area contributed by atoms with Gasteiger partial charge < -0.3 is 0 Å². The van der Waals surface area contributed by atoms with Gasteiger partial charge in [0.2, 0.25) is 0 Å². The molecule has 0 saturated heterocycles. The molecule has 0 atom stereocenters. The smallest absolute Gasteiger partial charge is 0.207 e. The fourth-order valence-electron chi connectivity index (χ4n) is 0.430. The van der Waals surface area contributed by atoms with Crippen LogP contribution >= 0.6 is 15.9 Å². The second kappa shape index (κ2) is 4.25. The van der Waals surface area contributed by atoms with Crippen LogP contribution in [0.2, 0.25) is 0 Å². The summed E-state index contributed by atoms with van der Waals surface area (Å²) < 4.78 is 13.0. The minimum atomic E-state index is -0.201. The third-order valence-electron chi connectivity index (χ3n) is 0.804. The maximum Gasteiger partial charge on any atom is 0.316 e. The first-order chi connectivity index (χ1) is 3.79. The molecule has 0 fully saturated rings. The molecule has 0 aliphatic rings. The van der Waals surface area contributed by atoms with Crippen molar-refractivity contribution in [2.75, 3.05) is 0 Å². The summed E-state index contributed by atoms with van der Waals surface area (Å²) in [4.78, 5) is 0. The average molecular weight is 201 g/mol. The van der Waals surface area contributed by atoms with Crippen LogP contribution in [0.1, 0.15) is 0 Å². The summed E-state index contributed by atoms with van der Waals surface area (Å²) in [6.45, 7) is 0.